The molecule has 4 nitrogen and oxygen atoms in total. The van der Waals surface area contributed by atoms with Gasteiger partial charge in [-0.05, 0) is 89.4 Å². The minimum atomic E-state index is -0.259. The summed E-state index contributed by atoms with van der Waals surface area (Å²) in [5.74, 6) is 2.58. The predicted octanol–water partition coefficient (Wildman–Crippen LogP) is 4.11. The lowest BCUT2D eigenvalue weighted by atomic mass is 9.78. The third kappa shape index (κ3) is 6.60. The lowest BCUT2D eigenvalue weighted by molar-refractivity contribution is -0.139. The van der Waals surface area contributed by atoms with E-state index in [2.05, 4.69) is 16.4 Å². The van der Waals surface area contributed by atoms with E-state index in [0.717, 1.165) is 37.4 Å². The fourth-order valence-electron chi connectivity index (χ4n) is 5.38. The van der Waals surface area contributed by atoms with Crippen LogP contribution in [0.15, 0.2) is 12.2 Å². The van der Waals surface area contributed by atoms with Crippen molar-refractivity contribution in [3.05, 3.63) is 12.2 Å². The fraction of sp³-hybridized carbons (Fsp3) is 0.870. The van der Waals surface area contributed by atoms with Crippen LogP contribution < -0.4 is 0 Å². The standard InChI is InChI=1S/C23H40N2O2/c1-19(2)23(26)27-17-16-24-12-8-21(9-13-24)22-10-14-25(15-11-22)18-20-6-4-3-5-7-20/h20-22H,1,3-18H2,2H3. The van der Waals surface area contributed by atoms with Gasteiger partial charge in [0, 0.05) is 18.7 Å². The Bertz CT molecular complexity index is 471. The van der Waals surface area contributed by atoms with Crippen LogP contribution in [-0.2, 0) is 9.53 Å². The Morgan fingerprint density at radius 1 is 0.889 bits per heavy atom. The van der Waals surface area contributed by atoms with Gasteiger partial charge in [0.1, 0.15) is 6.61 Å². The van der Waals surface area contributed by atoms with Crippen LogP contribution in [0.3, 0.4) is 0 Å². The molecule has 4 heteroatoms. The molecular formula is C23H40N2O2. The molecule has 0 aromatic carbocycles. The van der Waals surface area contributed by atoms with Crippen molar-refractivity contribution in [3.63, 3.8) is 0 Å². The molecule has 154 valence electrons. The maximum Gasteiger partial charge on any atom is 0.333 e. The van der Waals surface area contributed by atoms with Crippen LogP contribution in [0.2, 0.25) is 0 Å². The Balaban J connectivity index is 1.29. The summed E-state index contributed by atoms with van der Waals surface area (Å²) >= 11 is 0. The smallest absolute Gasteiger partial charge is 0.333 e. The maximum atomic E-state index is 11.5. The molecule has 0 bridgehead atoms. The average Bonchev–Trinajstić information content (AvgIpc) is 2.70. The number of nitrogens with zero attached hydrogens (tertiary/aromatic N) is 2. The Morgan fingerprint density at radius 2 is 1.44 bits per heavy atom. The number of carbonyl (C=O) groups excluding carboxylic acids is 1. The Morgan fingerprint density at radius 3 is 2.00 bits per heavy atom. The molecule has 3 fully saturated rings. The van der Waals surface area contributed by atoms with E-state index >= 15 is 0 Å². The van der Waals surface area contributed by atoms with Gasteiger partial charge in [-0.3, -0.25) is 4.90 Å². The number of hydrogen-bond donors (Lipinski definition) is 0. The van der Waals surface area contributed by atoms with Gasteiger partial charge in [-0.1, -0.05) is 25.8 Å². The van der Waals surface area contributed by atoms with Crippen LogP contribution in [0.4, 0.5) is 0 Å². The third-order valence-electron chi connectivity index (χ3n) is 7.16. The van der Waals surface area contributed by atoms with Crippen LogP contribution >= 0.6 is 0 Å². The van der Waals surface area contributed by atoms with E-state index < -0.39 is 0 Å². The molecule has 1 saturated carbocycles. The van der Waals surface area contributed by atoms with Crippen molar-refractivity contribution < 1.29 is 9.53 Å². The summed E-state index contributed by atoms with van der Waals surface area (Å²) < 4.78 is 5.24. The van der Waals surface area contributed by atoms with Crippen molar-refractivity contribution in [1.82, 2.24) is 9.80 Å². The molecule has 3 aliphatic rings. The van der Waals surface area contributed by atoms with E-state index in [4.69, 9.17) is 4.74 Å². The zero-order valence-electron chi connectivity index (χ0n) is 17.5. The monoisotopic (exact) mass is 376 g/mol. The first-order valence-electron chi connectivity index (χ1n) is 11.4. The first-order chi connectivity index (χ1) is 13.1. The average molecular weight is 377 g/mol. The van der Waals surface area contributed by atoms with Gasteiger partial charge in [-0.25, -0.2) is 4.79 Å². The summed E-state index contributed by atoms with van der Waals surface area (Å²) in [6.45, 7) is 13.1. The molecule has 0 N–H and O–H groups in total. The molecule has 0 spiro atoms. The van der Waals surface area contributed by atoms with E-state index in [0.29, 0.717) is 12.2 Å². The number of carbonyl (C=O) groups is 1. The first-order valence-corrected chi connectivity index (χ1v) is 11.4. The summed E-state index contributed by atoms with van der Waals surface area (Å²) in [4.78, 5) is 16.7. The zero-order chi connectivity index (χ0) is 19.1. The maximum absolute atomic E-state index is 11.5. The van der Waals surface area contributed by atoms with E-state index in [9.17, 15) is 4.79 Å². The number of piperidine rings is 2. The van der Waals surface area contributed by atoms with E-state index in [1.54, 1.807) is 6.92 Å². The highest BCUT2D eigenvalue weighted by Crippen LogP contribution is 2.33. The number of esters is 1. The molecule has 0 unspecified atom stereocenters. The fourth-order valence-corrected chi connectivity index (χ4v) is 5.38. The summed E-state index contributed by atoms with van der Waals surface area (Å²) in [6, 6.07) is 0. The van der Waals surface area contributed by atoms with Crippen molar-refractivity contribution in [1.29, 1.82) is 0 Å². The third-order valence-corrected chi connectivity index (χ3v) is 7.16. The van der Waals surface area contributed by atoms with Gasteiger partial charge in [0.15, 0.2) is 0 Å². The van der Waals surface area contributed by atoms with Crippen molar-refractivity contribution >= 4 is 5.97 Å². The molecule has 0 aromatic rings. The van der Waals surface area contributed by atoms with Crippen LogP contribution in [-0.4, -0.2) is 61.6 Å². The van der Waals surface area contributed by atoms with Crippen LogP contribution in [0, 0.1) is 17.8 Å². The topological polar surface area (TPSA) is 32.8 Å². The molecule has 0 amide bonds. The number of likely N-dealkylation sites (tertiary alicyclic amines) is 2. The summed E-state index contributed by atoms with van der Waals surface area (Å²) in [6.07, 6.45) is 12.8. The zero-order valence-corrected chi connectivity index (χ0v) is 17.5. The van der Waals surface area contributed by atoms with Crippen molar-refractivity contribution in [2.45, 2.75) is 64.7 Å². The number of hydrogen-bond acceptors (Lipinski definition) is 4. The molecule has 3 rings (SSSR count). The van der Waals surface area contributed by atoms with Crippen LogP contribution in [0.1, 0.15) is 64.7 Å². The van der Waals surface area contributed by atoms with Crippen molar-refractivity contribution in [3.8, 4) is 0 Å². The van der Waals surface area contributed by atoms with Gasteiger partial charge in [-0.2, -0.15) is 0 Å². The molecule has 1 aliphatic carbocycles. The molecular weight excluding hydrogens is 336 g/mol. The predicted molar refractivity (Wildman–Crippen MR) is 111 cm³/mol. The van der Waals surface area contributed by atoms with Gasteiger partial charge < -0.3 is 9.64 Å². The second kappa shape index (κ2) is 10.6. The molecule has 2 saturated heterocycles. The highest BCUT2D eigenvalue weighted by Gasteiger charge is 2.30. The largest absolute Gasteiger partial charge is 0.461 e. The van der Waals surface area contributed by atoms with E-state index in [1.807, 2.05) is 0 Å². The van der Waals surface area contributed by atoms with Gasteiger partial charge in [0.05, 0.1) is 0 Å². The van der Waals surface area contributed by atoms with Crippen LogP contribution in [0.25, 0.3) is 0 Å². The highest BCUT2D eigenvalue weighted by atomic mass is 16.5. The summed E-state index contributed by atoms with van der Waals surface area (Å²) in [5.41, 5.74) is 0.489. The lowest BCUT2D eigenvalue weighted by Crippen LogP contribution is -2.42. The number of ether oxygens (including phenoxy) is 1. The van der Waals surface area contributed by atoms with Crippen molar-refractivity contribution in [2.24, 2.45) is 17.8 Å². The van der Waals surface area contributed by atoms with E-state index in [-0.39, 0.29) is 5.97 Å². The highest BCUT2D eigenvalue weighted by molar-refractivity contribution is 5.86. The Labute approximate surface area is 166 Å². The van der Waals surface area contributed by atoms with Gasteiger partial charge >= 0.3 is 5.97 Å². The molecule has 0 radical (unpaired) electrons. The quantitative estimate of drug-likeness (QED) is 0.494. The Kier molecular flexibility index (Phi) is 8.20. The van der Waals surface area contributed by atoms with Crippen LogP contribution in [0.5, 0.6) is 0 Å². The molecule has 2 heterocycles. The van der Waals surface area contributed by atoms with Gasteiger partial charge in [0.2, 0.25) is 0 Å². The first kappa shape index (κ1) is 20.9. The second-order valence-electron chi connectivity index (χ2n) is 9.24. The molecule has 0 atom stereocenters. The number of rotatable bonds is 7. The van der Waals surface area contributed by atoms with Gasteiger partial charge in [0.25, 0.3) is 0 Å². The molecule has 2 aliphatic heterocycles. The van der Waals surface area contributed by atoms with Crippen molar-refractivity contribution in [2.75, 3.05) is 45.9 Å². The SMILES string of the molecule is C=C(C)C(=O)OCCN1CCC(C2CCN(CC3CCCCC3)CC2)CC1. The van der Waals surface area contributed by atoms with Gasteiger partial charge in [-0.15, -0.1) is 0 Å². The van der Waals surface area contributed by atoms with E-state index in [1.165, 1.54) is 77.4 Å². The summed E-state index contributed by atoms with van der Waals surface area (Å²) in [5, 5.41) is 0. The second-order valence-corrected chi connectivity index (χ2v) is 9.24. The lowest BCUT2D eigenvalue weighted by Gasteiger charge is -2.41. The molecule has 27 heavy (non-hydrogen) atoms. The normalized spacial score (nSPS) is 24.8. The minimum absolute atomic E-state index is 0.259. The summed E-state index contributed by atoms with van der Waals surface area (Å²) in [7, 11) is 0. The minimum Gasteiger partial charge on any atom is -0.461 e. The Hall–Kier alpha value is -0.870. The molecule has 0 aromatic heterocycles.